The van der Waals surface area contributed by atoms with Crippen LogP contribution in [0.25, 0.3) is 33.5 Å². The maximum Gasteiger partial charge on any atom is 0.252 e. The monoisotopic (exact) mass is 1400 g/mol. The van der Waals surface area contributed by atoms with E-state index in [-0.39, 0.29) is 105 Å². The molecule has 6 aromatic rings. The largest absolute Gasteiger partial charge is 0.387 e. The summed E-state index contributed by atoms with van der Waals surface area (Å²) in [6.45, 7) is 0. The maximum atomic E-state index is 12.5. The first-order valence-corrected chi connectivity index (χ1v) is 35.7. The highest BCUT2D eigenvalue weighted by molar-refractivity contribution is 5.86. The highest BCUT2D eigenvalue weighted by Crippen LogP contribution is 2.58. The van der Waals surface area contributed by atoms with Gasteiger partial charge in [0.2, 0.25) is 17.5 Å². The number of amides is 3. The number of nitrogen functional groups attached to an aromatic ring is 3. The van der Waals surface area contributed by atoms with E-state index in [0.717, 1.165) is 103 Å². The van der Waals surface area contributed by atoms with Crippen LogP contribution >= 0.6 is 0 Å². The molecule has 14 fully saturated rings. The topological polar surface area (TPSA) is 506 Å². The third-order valence-electron chi connectivity index (χ3n) is 23.6. The van der Waals surface area contributed by atoms with Crippen LogP contribution in [0.3, 0.4) is 0 Å². The van der Waals surface area contributed by atoms with E-state index in [9.17, 15) is 60.3 Å². The van der Waals surface area contributed by atoms with Gasteiger partial charge in [0.05, 0.1) is 19.0 Å². The van der Waals surface area contributed by atoms with Crippen LogP contribution in [0.2, 0.25) is 0 Å². The molecule has 14 aliphatic rings. The SMILES string of the molecule is Nc1nc(C#CC2(O)C3CC4CC(C3)CC2C4)nc2c1ncn2[C@@H]1O[C@H](C(=O)NC2CC2)[C@H](O)C1O.Nc1nc(C#CC2(O)CC3CCC2C3)nc2c1ncn2[C@@H]1O[C@H](C(=O)NC2CC2)[C@H](O)C1O.Nc1nc(C#CC2(O)CC3CCC2C3)nc2c1ncn2[C@@H]1O[C@H](C(=O)NC2CC2)[C@H](O)C1O. The van der Waals surface area contributed by atoms with Gasteiger partial charge in [-0.3, -0.25) is 28.1 Å². The van der Waals surface area contributed by atoms with Crippen LogP contribution in [0, 0.1) is 82.9 Å². The number of aliphatic hydroxyl groups excluding tert-OH is 6. The van der Waals surface area contributed by atoms with E-state index in [4.69, 9.17) is 31.4 Å². The number of nitrogens with zero attached hydrogens (tertiary/aromatic N) is 12. The van der Waals surface area contributed by atoms with Gasteiger partial charge in [-0.15, -0.1) is 0 Å². The minimum atomic E-state index is -1.41. The molecule has 18 atom stereocenters. The lowest BCUT2D eigenvalue weighted by molar-refractivity contribution is -0.138. The van der Waals surface area contributed by atoms with Crippen LogP contribution in [0.4, 0.5) is 17.5 Å². The zero-order chi connectivity index (χ0) is 70.6. The van der Waals surface area contributed by atoms with Gasteiger partial charge in [-0.2, -0.15) is 0 Å². The van der Waals surface area contributed by atoms with Crippen LogP contribution < -0.4 is 33.2 Å². The number of hydrogen-bond acceptors (Lipinski definition) is 27. The normalized spacial score (nSPS) is 38.6. The summed E-state index contributed by atoms with van der Waals surface area (Å²) >= 11 is 0. The van der Waals surface area contributed by atoms with Crippen LogP contribution in [-0.2, 0) is 28.6 Å². The van der Waals surface area contributed by atoms with E-state index in [0.29, 0.717) is 42.0 Å². The number of rotatable bonds is 9. The lowest BCUT2D eigenvalue weighted by Crippen LogP contribution is -2.56. The second kappa shape index (κ2) is 25.2. The minimum absolute atomic E-state index is 0.0940. The average Bonchev–Trinajstić information content (AvgIpc) is 1.29. The van der Waals surface area contributed by atoms with Crippen LogP contribution in [0.15, 0.2) is 19.0 Å². The smallest absolute Gasteiger partial charge is 0.252 e. The molecule has 0 spiro atoms. The van der Waals surface area contributed by atoms with Gasteiger partial charge >= 0.3 is 0 Å². The van der Waals surface area contributed by atoms with Crippen molar-refractivity contribution in [3.8, 4) is 35.5 Å². The van der Waals surface area contributed by atoms with E-state index in [1.165, 1.54) is 39.1 Å². The average molecular weight is 1400 g/mol. The number of fused-ring (bicyclic) bond motifs is 7. The number of ether oxygens (including phenoxy) is 3. The molecule has 0 radical (unpaired) electrons. The van der Waals surface area contributed by atoms with Crippen molar-refractivity contribution in [2.24, 2.45) is 47.3 Å². The first kappa shape index (κ1) is 66.9. The molecule has 0 aromatic carbocycles. The molecule has 20 rings (SSSR count). The minimum Gasteiger partial charge on any atom is -0.387 e. The Balaban J connectivity index is 0.000000114. The summed E-state index contributed by atoms with van der Waals surface area (Å²) in [5.41, 5.74) is 16.8. The van der Waals surface area contributed by atoms with Crippen LogP contribution in [-0.4, -0.2) is 212 Å². The number of anilines is 3. The summed E-state index contributed by atoms with van der Waals surface area (Å²) in [4.78, 5) is 76.1. The van der Waals surface area contributed by atoms with E-state index < -0.39 is 108 Å². The van der Waals surface area contributed by atoms with Crippen molar-refractivity contribution in [2.75, 3.05) is 17.2 Å². The molecule has 3 saturated heterocycles. The van der Waals surface area contributed by atoms with Crippen LogP contribution in [0.1, 0.15) is 158 Å². The Morgan fingerprint density at radius 1 is 0.412 bits per heavy atom. The molecule has 6 aromatic heterocycles. The maximum absolute atomic E-state index is 12.5. The van der Waals surface area contributed by atoms with E-state index >= 15 is 0 Å². The highest BCUT2D eigenvalue weighted by Gasteiger charge is 2.57. The molecule has 11 aliphatic carbocycles. The van der Waals surface area contributed by atoms with Gasteiger partial charge in [-0.05, 0) is 187 Å². The Hall–Kier alpha value is -8.34. The number of nitrogens with one attached hydrogen (secondary N) is 3. The molecule has 102 heavy (non-hydrogen) atoms. The Morgan fingerprint density at radius 3 is 1.02 bits per heavy atom. The molecule has 8 bridgehead atoms. The van der Waals surface area contributed by atoms with Gasteiger partial charge in [-0.1, -0.05) is 17.8 Å². The summed E-state index contributed by atoms with van der Waals surface area (Å²) in [6.07, 6.45) is 7.08. The van der Waals surface area contributed by atoms with Crippen molar-refractivity contribution in [1.82, 2.24) is 74.5 Å². The zero-order valence-corrected chi connectivity index (χ0v) is 55.5. The molecule has 33 nitrogen and oxygen atoms in total. The van der Waals surface area contributed by atoms with E-state index in [1.54, 1.807) is 0 Å². The molecule has 9 heterocycles. The summed E-state index contributed by atoms with van der Waals surface area (Å²) < 4.78 is 21.5. The molecule has 9 unspecified atom stereocenters. The standard InChI is InChI=1S/C25H30N6O5.2C22H26N6O5/c26-21-17-22(31(10-27-17)24-19(33)18(32)20(36-24)23(34)28-15-1-2-15)30-16(29-21)3-4-25(35)13-6-11-5-12(8-13)9-14(25)7-11;2*23-18-14-19(27-13(26-18)5-6-22(32)8-10-1-2-11(22)7-10)28(9-24-14)21-16(30)15(29)17(33-21)20(31)25-12-3-4-12/h10-15,18-20,24,32-33,35H,1-2,5-9H2,(H,28,34)(H2,26,29,30);2*9-12,15-17,21,29-30,32H,1-4,7-8H2,(H,25,31)(H2,23,26,27)/t11?,12?,13?,14?,18-,19?,20+,24-,25?;2*10?,11?,15-,16?,17+,21-,22?/m111/s1. The fourth-order valence-corrected chi connectivity index (χ4v) is 17.9. The quantitative estimate of drug-likeness (QED) is 0.0715. The molecule has 18 N–H and O–H groups in total. The predicted octanol–water partition coefficient (Wildman–Crippen LogP) is -1.74. The van der Waals surface area contributed by atoms with Gasteiger partial charge in [0.15, 0.2) is 71.4 Å². The molecule has 538 valence electrons. The van der Waals surface area contributed by atoms with Gasteiger partial charge < -0.3 is 93.3 Å². The van der Waals surface area contributed by atoms with Crippen molar-refractivity contribution in [2.45, 2.75) is 231 Å². The molecule has 3 aliphatic heterocycles. The number of carbonyl (C=O) groups is 3. The summed E-state index contributed by atoms with van der Waals surface area (Å²) in [7, 11) is 0. The summed E-state index contributed by atoms with van der Waals surface area (Å²) in [5.74, 6) is 20.2. The number of hydrogen-bond donors (Lipinski definition) is 15. The Kier molecular flexibility index (Phi) is 16.5. The number of imidazole rings is 3. The predicted molar refractivity (Wildman–Crippen MR) is 354 cm³/mol. The van der Waals surface area contributed by atoms with Crippen molar-refractivity contribution in [1.29, 1.82) is 0 Å². The third kappa shape index (κ3) is 12.1. The lowest BCUT2D eigenvalue weighted by atomic mass is 9.50. The number of carbonyl (C=O) groups excluding carboxylic acids is 3. The van der Waals surface area contributed by atoms with E-state index in [2.05, 4.69) is 96.3 Å². The van der Waals surface area contributed by atoms with Crippen molar-refractivity contribution >= 4 is 68.7 Å². The molecule has 11 saturated carbocycles. The number of aromatic nitrogens is 12. The third-order valence-corrected chi connectivity index (χ3v) is 23.6. The van der Waals surface area contributed by atoms with Crippen molar-refractivity contribution in [3.05, 3.63) is 36.5 Å². The highest BCUT2D eigenvalue weighted by atomic mass is 16.6. The fraction of sp³-hybridized carbons (Fsp3) is 0.652. The van der Waals surface area contributed by atoms with Gasteiger partial charge in [0, 0.05) is 18.1 Å². The summed E-state index contributed by atoms with van der Waals surface area (Å²) in [5, 5.41) is 105. The summed E-state index contributed by atoms with van der Waals surface area (Å²) in [6, 6.07) is 0.283. The first-order valence-electron chi connectivity index (χ1n) is 35.7. The van der Waals surface area contributed by atoms with Gasteiger partial charge in [0.25, 0.3) is 17.7 Å². The number of nitrogens with two attached hydrogens (primary N) is 3. The first-order chi connectivity index (χ1) is 48.9. The fourth-order valence-electron chi connectivity index (χ4n) is 17.9. The zero-order valence-electron chi connectivity index (χ0n) is 55.5. The second-order valence-corrected chi connectivity index (χ2v) is 30.8. The lowest BCUT2D eigenvalue weighted by Gasteiger charge is -2.56. The molecular formula is C69H82N18O15. The van der Waals surface area contributed by atoms with Gasteiger partial charge in [-0.25, -0.2) is 44.9 Å². The van der Waals surface area contributed by atoms with Crippen molar-refractivity contribution < 1.29 is 74.6 Å². The van der Waals surface area contributed by atoms with E-state index in [1.807, 2.05) is 0 Å². The van der Waals surface area contributed by atoms with Crippen molar-refractivity contribution in [3.63, 3.8) is 0 Å². The Morgan fingerprint density at radius 2 is 0.725 bits per heavy atom. The Bertz CT molecular complexity index is 4350. The molecule has 3 amide bonds. The molecule has 33 heteroatoms. The number of aliphatic hydroxyl groups is 9. The Labute approximate surface area is 582 Å². The van der Waals surface area contributed by atoms with Crippen LogP contribution in [0.5, 0.6) is 0 Å². The second-order valence-electron chi connectivity index (χ2n) is 30.8. The molecular weight excluding hydrogens is 1320 g/mol. The van der Waals surface area contributed by atoms with Gasteiger partial charge in [0.1, 0.15) is 70.0 Å².